The molecule has 0 unspecified atom stereocenters. The number of ether oxygens (including phenoxy) is 2. The number of hydrogen-bond acceptors (Lipinski definition) is 3. The monoisotopic (exact) mass is 269 g/mol. The fourth-order valence-corrected chi connectivity index (χ4v) is 2.37. The van der Waals surface area contributed by atoms with Gasteiger partial charge < -0.3 is 14.8 Å². The molecule has 0 saturated heterocycles. The summed E-state index contributed by atoms with van der Waals surface area (Å²) in [4.78, 5) is 0. The highest BCUT2D eigenvalue weighted by Gasteiger charge is 2.13. The van der Waals surface area contributed by atoms with Crippen molar-refractivity contribution in [1.82, 2.24) is 0 Å². The Morgan fingerprint density at radius 1 is 1.05 bits per heavy atom. The van der Waals surface area contributed by atoms with Crippen molar-refractivity contribution < 1.29 is 9.47 Å². The highest BCUT2D eigenvalue weighted by molar-refractivity contribution is 5.45. The van der Waals surface area contributed by atoms with E-state index < -0.39 is 0 Å². The van der Waals surface area contributed by atoms with Crippen LogP contribution in [0.2, 0.25) is 0 Å². The van der Waals surface area contributed by atoms with E-state index in [-0.39, 0.29) is 0 Å². The number of anilines is 1. The van der Waals surface area contributed by atoms with Gasteiger partial charge in [-0.25, -0.2) is 0 Å². The van der Waals surface area contributed by atoms with Gasteiger partial charge in [-0.3, -0.25) is 0 Å². The van der Waals surface area contributed by atoms with Crippen molar-refractivity contribution in [2.45, 2.75) is 25.8 Å². The summed E-state index contributed by atoms with van der Waals surface area (Å²) in [6.45, 7) is 2.55. The first kappa shape index (κ1) is 12.9. The van der Waals surface area contributed by atoms with Crippen LogP contribution in [0.1, 0.15) is 18.9 Å². The number of hydrogen-bond donors (Lipinski definition) is 1. The van der Waals surface area contributed by atoms with Crippen LogP contribution in [-0.2, 0) is 6.42 Å². The molecule has 104 valence electrons. The van der Waals surface area contributed by atoms with Gasteiger partial charge in [0.15, 0.2) is 11.5 Å². The van der Waals surface area contributed by atoms with E-state index in [0.717, 1.165) is 24.3 Å². The molecule has 1 aliphatic rings. The molecule has 1 N–H and O–H groups in total. The molecule has 0 aromatic heterocycles. The van der Waals surface area contributed by atoms with Crippen LogP contribution in [0.15, 0.2) is 48.5 Å². The molecular weight excluding hydrogens is 250 g/mol. The van der Waals surface area contributed by atoms with E-state index in [1.165, 1.54) is 11.3 Å². The van der Waals surface area contributed by atoms with Crippen molar-refractivity contribution in [3.8, 4) is 11.5 Å². The minimum Gasteiger partial charge on any atom is -0.454 e. The van der Waals surface area contributed by atoms with Gasteiger partial charge in [0.25, 0.3) is 0 Å². The number of nitrogens with one attached hydrogen (secondary N) is 1. The number of para-hydroxylation sites is 1. The van der Waals surface area contributed by atoms with Crippen LogP contribution in [0.5, 0.6) is 11.5 Å². The number of benzene rings is 2. The van der Waals surface area contributed by atoms with Gasteiger partial charge in [0, 0.05) is 11.7 Å². The zero-order chi connectivity index (χ0) is 13.8. The van der Waals surface area contributed by atoms with Crippen molar-refractivity contribution in [3.05, 3.63) is 54.1 Å². The molecule has 0 saturated carbocycles. The lowest BCUT2D eigenvalue weighted by atomic mass is 10.1. The second-order valence-electron chi connectivity index (χ2n) is 5.14. The maximum absolute atomic E-state index is 5.40. The Hall–Kier alpha value is -2.16. The van der Waals surface area contributed by atoms with E-state index in [2.05, 4.69) is 36.5 Å². The smallest absolute Gasteiger partial charge is 0.231 e. The van der Waals surface area contributed by atoms with Gasteiger partial charge in [-0.1, -0.05) is 24.3 Å². The summed E-state index contributed by atoms with van der Waals surface area (Å²) in [6.07, 6.45) is 2.10. The SMILES string of the molecule is C[C@H](CCc1ccc2c(c1)OCO2)Nc1ccccc1. The van der Waals surface area contributed by atoms with Crippen molar-refractivity contribution in [2.75, 3.05) is 12.1 Å². The summed E-state index contributed by atoms with van der Waals surface area (Å²) >= 11 is 0. The molecule has 0 amide bonds. The van der Waals surface area contributed by atoms with Crippen LogP contribution in [0.25, 0.3) is 0 Å². The molecule has 0 aliphatic carbocycles. The minimum atomic E-state index is 0.338. The van der Waals surface area contributed by atoms with Gasteiger partial charge >= 0.3 is 0 Å². The Morgan fingerprint density at radius 2 is 1.85 bits per heavy atom. The fourth-order valence-electron chi connectivity index (χ4n) is 2.37. The van der Waals surface area contributed by atoms with Crippen LogP contribution >= 0.6 is 0 Å². The largest absolute Gasteiger partial charge is 0.454 e. The third-order valence-electron chi connectivity index (χ3n) is 3.49. The maximum Gasteiger partial charge on any atom is 0.231 e. The van der Waals surface area contributed by atoms with Gasteiger partial charge in [0.2, 0.25) is 6.79 Å². The third-order valence-corrected chi connectivity index (χ3v) is 3.49. The first-order chi connectivity index (χ1) is 9.81. The summed E-state index contributed by atoms with van der Waals surface area (Å²) in [5.74, 6) is 1.72. The quantitative estimate of drug-likeness (QED) is 0.894. The molecule has 1 aliphatic heterocycles. The topological polar surface area (TPSA) is 30.5 Å². The predicted molar refractivity (Wildman–Crippen MR) is 80.4 cm³/mol. The van der Waals surface area contributed by atoms with E-state index in [4.69, 9.17) is 9.47 Å². The minimum absolute atomic E-state index is 0.338. The second kappa shape index (κ2) is 5.87. The Bertz CT molecular complexity index is 568. The summed E-state index contributed by atoms with van der Waals surface area (Å²) in [7, 11) is 0. The fraction of sp³-hybridized carbons (Fsp3) is 0.294. The Balaban J connectivity index is 1.54. The molecule has 20 heavy (non-hydrogen) atoms. The summed E-state index contributed by atoms with van der Waals surface area (Å²) in [6, 6.07) is 16.9. The zero-order valence-electron chi connectivity index (χ0n) is 11.6. The van der Waals surface area contributed by atoms with E-state index in [1.807, 2.05) is 24.3 Å². The maximum atomic E-state index is 5.40. The normalized spacial score (nSPS) is 14.1. The molecule has 0 spiro atoms. The molecule has 3 nitrogen and oxygen atoms in total. The first-order valence-electron chi connectivity index (χ1n) is 7.01. The molecule has 0 bridgehead atoms. The van der Waals surface area contributed by atoms with Crippen LogP contribution in [0.3, 0.4) is 0 Å². The lowest BCUT2D eigenvalue weighted by Gasteiger charge is -2.15. The first-order valence-corrected chi connectivity index (χ1v) is 7.01. The van der Waals surface area contributed by atoms with Gasteiger partial charge in [0.1, 0.15) is 0 Å². The van der Waals surface area contributed by atoms with Crippen LogP contribution < -0.4 is 14.8 Å². The molecular formula is C17H19NO2. The Kier molecular flexibility index (Phi) is 3.77. The van der Waals surface area contributed by atoms with Gasteiger partial charge in [-0.15, -0.1) is 0 Å². The highest BCUT2D eigenvalue weighted by atomic mass is 16.7. The van der Waals surface area contributed by atoms with Crippen molar-refractivity contribution in [2.24, 2.45) is 0 Å². The van der Waals surface area contributed by atoms with Crippen molar-refractivity contribution in [3.63, 3.8) is 0 Å². The second-order valence-corrected chi connectivity index (χ2v) is 5.14. The molecule has 2 aromatic carbocycles. The summed E-state index contributed by atoms with van der Waals surface area (Å²) in [5.41, 5.74) is 2.46. The molecule has 1 atom stereocenters. The van der Waals surface area contributed by atoms with E-state index in [9.17, 15) is 0 Å². The van der Waals surface area contributed by atoms with Crippen molar-refractivity contribution in [1.29, 1.82) is 0 Å². The van der Waals surface area contributed by atoms with Gasteiger partial charge in [0.05, 0.1) is 0 Å². The number of aryl methyl sites for hydroxylation is 1. The standard InChI is InChI=1S/C17H19NO2/c1-13(18-15-5-3-2-4-6-15)7-8-14-9-10-16-17(11-14)20-12-19-16/h2-6,9-11,13,18H,7-8,12H2,1H3/t13-/m1/s1. The lowest BCUT2D eigenvalue weighted by molar-refractivity contribution is 0.174. The number of rotatable bonds is 5. The Morgan fingerprint density at radius 3 is 2.70 bits per heavy atom. The molecule has 0 radical (unpaired) electrons. The third kappa shape index (κ3) is 3.05. The average molecular weight is 269 g/mol. The van der Waals surface area contributed by atoms with Crippen LogP contribution in [-0.4, -0.2) is 12.8 Å². The van der Waals surface area contributed by atoms with E-state index in [0.29, 0.717) is 12.8 Å². The molecule has 1 heterocycles. The Labute approximate surface area is 119 Å². The molecule has 3 heteroatoms. The highest BCUT2D eigenvalue weighted by Crippen LogP contribution is 2.32. The zero-order valence-corrected chi connectivity index (χ0v) is 11.6. The molecule has 3 rings (SSSR count). The summed E-state index contributed by atoms with van der Waals surface area (Å²) in [5, 5.41) is 3.51. The van der Waals surface area contributed by atoms with Gasteiger partial charge in [-0.2, -0.15) is 0 Å². The van der Waals surface area contributed by atoms with Crippen LogP contribution in [0.4, 0.5) is 5.69 Å². The summed E-state index contributed by atoms with van der Waals surface area (Å²) < 4.78 is 10.7. The molecule has 2 aromatic rings. The number of fused-ring (bicyclic) bond motifs is 1. The average Bonchev–Trinajstić information content (AvgIpc) is 2.93. The van der Waals surface area contributed by atoms with E-state index >= 15 is 0 Å². The molecule has 0 fully saturated rings. The van der Waals surface area contributed by atoms with Crippen molar-refractivity contribution >= 4 is 5.69 Å². The lowest BCUT2D eigenvalue weighted by Crippen LogP contribution is -2.15. The van der Waals surface area contributed by atoms with Gasteiger partial charge in [-0.05, 0) is 49.6 Å². The predicted octanol–water partition coefficient (Wildman–Crippen LogP) is 3.85. The van der Waals surface area contributed by atoms with E-state index in [1.54, 1.807) is 0 Å². The van der Waals surface area contributed by atoms with Crippen LogP contribution in [0, 0.1) is 0 Å².